The molecule has 0 aromatic carbocycles. The Bertz CT molecular complexity index is 439. The zero-order valence-electron chi connectivity index (χ0n) is 11.7. The third-order valence-corrected chi connectivity index (χ3v) is 2.77. The normalized spacial score (nSPS) is 11.7. The van der Waals surface area contributed by atoms with Crippen molar-refractivity contribution in [1.29, 1.82) is 0 Å². The second-order valence-electron chi connectivity index (χ2n) is 4.75. The van der Waals surface area contributed by atoms with Gasteiger partial charge in [0.15, 0.2) is 0 Å². The van der Waals surface area contributed by atoms with E-state index >= 15 is 0 Å². The Morgan fingerprint density at radius 1 is 1.40 bits per heavy atom. The van der Waals surface area contributed by atoms with E-state index in [1.165, 1.54) is 0 Å². The van der Waals surface area contributed by atoms with Gasteiger partial charge in [0.1, 0.15) is 0 Å². The van der Waals surface area contributed by atoms with Gasteiger partial charge in [-0.1, -0.05) is 6.92 Å². The summed E-state index contributed by atoms with van der Waals surface area (Å²) in [6.07, 6.45) is 3.90. The summed E-state index contributed by atoms with van der Waals surface area (Å²) < 4.78 is 0. The first kappa shape index (κ1) is 15.9. The van der Waals surface area contributed by atoms with Crippen molar-refractivity contribution < 1.29 is 14.7 Å². The van der Waals surface area contributed by atoms with E-state index in [1.54, 1.807) is 30.4 Å². The number of carboxylic acid groups (broad SMARTS) is 1. The fourth-order valence-corrected chi connectivity index (χ4v) is 1.59. The highest BCUT2D eigenvalue weighted by atomic mass is 16.4. The van der Waals surface area contributed by atoms with Gasteiger partial charge < -0.3 is 15.3 Å². The van der Waals surface area contributed by atoms with Gasteiger partial charge in [0.25, 0.3) is 0 Å². The van der Waals surface area contributed by atoms with Gasteiger partial charge in [-0.3, -0.25) is 9.59 Å². The molecule has 0 bridgehead atoms. The summed E-state index contributed by atoms with van der Waals surface area (Å²) in [4.78, 5) is 31.9. The molecule has 7 nitrogen and oxygen atoms in total. The fraction of sp³-hybridized carbons (Fsp3) is 0.538. The molecule has 0 aliphatic rings. The lowest BCUT2D eigenvalue weighted by Crippen LogP contribution is -2.37. The van der Waals surface area contributed by atoms with Crippen molar-refractivity contribution in [3.05, 3.63) is 18.5 Å². The number of anilines is 1. The van der Waals surface area contributed by atoms with Crippen molar-refractivity contribution in [2.75, 3.05) is 25.0 Å². The Morgan fingerprint density at radius 3 is 2.65 bits per heavy atom. The van der Waals surface area contributed by atoms with Crippen LogP contribution in [0.15, 0.2) is 18.5 Å². The summed E-state index contributed by atoms with van der Waals surface area (Å²) in [5, 5.41) is 11.4. The van der Waals surface area contributed by atoms with Crippen LogP contribution in [0.5, 0.6) is 0 Å². The summed E-state index contributed by atoms with van der Waals surface area (Å²) >= 11 is 0. The Morgan fingerprint density at radius 2 is 2.05 bits per heavy atom. The number of aromatic nitrogens is 2. The highest BCUT2D eigenvalue weighted by Crippen LogP contribution is 2.04. The second kappa shape index (κ2) is 8.08. The number of carbonyl (C=O) groups is 2. The van der Waals surface area contributed by atoms with Crippen molar-refractivity contribution in [2.45, 2.75) is 19.8 Å². The first-order valence-electron chi connectivity index (χ1n) is 6.45. The molecule has 0 fully saturated rings. The molecule has 1 heterocycles. The summed E-state index contributed by atoms with van der Waals surface area (Å²) in [7, 11) is 1.74. The summed E-state index contributed by atoms with van der Waals surface area (Å²) in [5.74, 6) is -0.332. The topological polar surface area (TPSA) is 95.4 Å². The molecule has 0 aliphatic carbocycles. The number of carboxylic acids is 1. The highest BCUT2D eigenvalue weighted by Gasteiger charge is 2.11. The zero-order valence-corrected chi connectivity index (χ0v) is 11.7. The molecule has 20 heavy (non-hydrogen) atoms. The minimum atomic E-state index is -0.816. The van der Waals surface area contributed by atoms with Crippen LogP contribution in [0, 0.1) is 5.92 Å². The molecule has 2 N–H and O–H groups in total. The Hall–Kier alpha value is -2.18. The smallest absolute Gasteiger partial charge is 0.303 e. The second-order valence-corrected chi connectivity index (χ2v) is 4.75. The lowest BCUT2D eigenvalue weighted by molar-refractivity contribution is -0.137. The number of carbonyl (C=O) groups excluding carboxylic acids is 1. The van der Waals surface area contributed by atoms with Crippen LogP contribution in [0.25, 0.3) is 0 Å². The quantitative estimate of drug-likeness (QED) is 0.721. The first-order valence-corrected chi connectivity index (χ1v) is 6.45. The molecule has 1 aromatic heterocycles. The van der Waals surface area contributed by atoms with Crippen molar-refractivity contribution >= 4 is 17.8 Å². The van der Waals surface area contributed by atoms with E-state index in [0.29, 0.717) is 18.9 Å². The van der Waals surface area contributed by atoms with Gasteiger partial charge >= 0.3 is 5.97 Å². The molecule has 0 spiro atoms. The van der Waals surface area contributed by atoms with Gasteiger partial charge in [0.05, 0.1) is 6.54 Å². The number of nitrogens with one attached hydrogen (secondary N) is 1. The van der Waals surface area contributed by atoms with E-state index in [-0.39, 0.29) is 24.8 Å². The van der Waals surface area contributed by atoms with Crippen LogP contribution in [0.1, 0.15) is 19.8 Å². The lowest BCUT2D eigenvalue weighted by atomic mass is 10.1. The maximum absolute atomic E-state index is 11.7. The molecule has 0 saturated heterocycles. The van der Waals surface area contributed by atoms with E-state index in [9.17, 15) is 9.59 Å². The van der Waals surface area contributed by atoms with Gasteiger partial charge in [0.2, 0.25) is 11.9 Å². The summed E-state index contributed by atoms with van der Waals surface area (Å²) in [5.41, 5.74) is 0. The van der Waals surface area contributed by atoms with Crippen molar-refractivity contribution in [2.24, 2.45) is 5.92 Å². The first-order chi connectivity index (χ1) is 9.49. The van der Waals surface area contributed by atoms with Crippen LogP contribution < -0.4 is 10.2 Å². The SMILES string of the molecule is CC(CCC(=O)O)CNC(=O)CN(C)c1ncccn1. The van der Waals surface area contributed by atoms with Crippen LogP contribution in [-0.2, 0) is 9.59 Å². The van der Waals surface area contributed by atoms with E-state index < -0.39 is 5.97 Å². The van der Waals surface area contributed by atoms with Crippen LogP contribution >= 0.6 is 0 Å². The van der Waals surface area contributed by atoms with E-state index in [4.69, 9.17) is 5.11 Å². The molecular formula is C13H20N4O3. The minimum absolute atomic E-state index is 0.120. The van der Waals surface area contributed by atoms with Crippen LogP contribution in [0.4, 0.5) is 5.95 Å². The predicted molar refractivity (Wildman–Crippen MR) is 74.3 cm³/mol. The number of rotatable bonds is 8. The average Bonchev–Trinajstić information content (AvgIpc) is 2.43. The van der Waals surface area contributed by atoms with Crippen LogP contribution in [-0.4, -0.2) is 47.1 Å². The van der Waals surface area contributed by atoms with Gasteiger partial charge in [-0.15, -0.1) is 0 Å². The number of amides is 1. The van der Waals surface area contributed by atoms with Crippen LogP contribution in [0.3, 0.4) is 0 Å². The monoisotopic (exact) mass is 280 g/mol. The predicted octanol–water partition coefficient (Wildman–Crippen LogP) is 0.530. The third-order valence-electron chi connectivity index (χ3n) is 2.77. The number of hydrogen-bond donors (Lipinski definition) is 2. The molecule has 1 rings (SSSR count). The maximum Gasteiger partial charge on any atom is 0.303 e. The lowest BCUT2D eigenvalue weighted by Gasteiger charge is -2.17. The maximum atomic E-state index is 11.7. The van der Waals surface area contributed by atoms with Gasteiger partial charge in [-0.2, -0.15) is 0 Å². The Labute approximate surface area is 118 Å². The molecule has 1 aromatic rings. The minimum Gasteiger partial charge on any atom is -0.481 e. The van der Waals surface area contributed by atoms with Gasteiger partial charge in [0, 0.05) is 32.4 Å². The molecule has 1 unspecified atom stereocenters. The third kappa shape index (κ3) is 6.12. The molecular weight excluding hydrogens is 260 g/mol. The molecule has 1 amide bonds. The standard InChI is InChI=1S/C13H20N4O3/c1-10(4-5-12(19)20)8-16-11(18)9-17(2)13-14-6-3-7-15-13/h3,6-7,10H,4-5,8-9H2,1-2H3,(H,16,18)(H,19,20). The van der Waals surface area contributed by atoms with E-state index in [2.05, 4.69) is 15.3 Å². The van der Waals surface area contributed by atoms with Crippen LogP contribution in [0.2, 0.25) is 0 Å². The molecule has 0 radical (unpaired) electrons. The molecule has 110 valence electrons. The van der Waals surface area contributed by atoms with Crippen molar-refractivity contribution in [1.82, 2.24) is 15.3 Å². The molecule has 1 atom stereocenters. The zero-order chi connectivity index (χ0) is 15.0. The molecule has 0 aliphatic heterocycles. The fourth-order valence-electron chi connectivity index (χ4n) is 1.59. The number of likely N-dealkylation sites (N-methyl/N-ethyl adjacent to an activating group) is 1. The van der Waals surface area contributed by atoms with Gasteiger partial charge in [-0.25, -0.2) is 9.97 Å². The van der Waals surface area contributed by atoms with E-state index in [0.717, 1.165) is 0 Å². The van der Waals surface area contributed by atoms with Crippen molar-refractivity contribution in [3.8, 4) is 0 Å². The average molecular weight is 280 g/mol. The number of aliphatic carboxylic acids is 1. The number of nitrogens with zero attached hydrogens (tertiary/aromatic N) is 3. The highest BCUT2D eigenvalue weighted by molar-refractivity contribution is 5.80. The molecule has 7 heteroatoms. The van der Waals surface area contributed by atoms with Crippen molar-refractivity contribution in [3.63, 3.8) is 0 Å². The summed E-state index contributed by atoms with van der Waals surface area (Å²) in [6, 6.07) is 1.71. The summed E-state index contributed by atoms with van der Waals surface area (Å²) in [6.45, 7) is 2.54. The van der Waals surface area contributed by atoms with E-state index in [1.807, 2.05) is 6.92 Å². The Balaban J connectivity index is 2.28. The largest absolute Gasteiger partial charge is 0.481 e. The number of hydrogen-bond acceptors (Lipinski definition) is 5. The molecule has 0 saturated carbocycles. The van der Waals surface area contributed by atoms with Gasteiger partial charge in [-0.05, 0) is 18.4 Å². The Kier molecular flexibility index (Phi) is 6.42.